The molecule has 2 rings (SSSR count). The number of carbonyl (C=O) groups excluding carboxylic acids is 1. The second-order valence-corrected chi connectivity index (χ2v) is 5.42. The van der Waals surface area contributed by atoms with Gasteiger partial charge in [-0.05, 0) is 19.3 Å². The van der Waals surface area contributed by atoms with E-state index >= 15 is 0 Å². The first-order valence-corrected chi connectivity index (χ1v) is 7.06. The Morgan fingerprint density at radius 1 is 1.43 bits per heavy atom. The van der Waals surface area contributed by atoms with Crippen LogP contribution in [-0.2, 0) is 4.79 Å². The molecular weight excluding hydrogens is 274 g/mol. The molecule has 1 aliphatic heterocycles. The van der Waals surface area contributed by atoms with Crippen LogP contribution in [0.25, 0.3) is 0 Å². The normalized spacial score (nSPS) is 17.5. The number of rotatable bonds is 4. The molecular formula is C14H19N3O4. The predicted molar refractivity (Wildman–Crippen MR) is 75.0 cm³/mol. The number of hydrogen-bond acceptors (Lipinski definition) is 4. The van der Waals surface area contributed by atoms with Gasteiger partial charge in [0.25, 0.3) is 11.5 Å². The van der Waals surface area contributed by atoms with E-state index in [4.69, 9.17) is 0 Å². The zero-order chi connectivity index (χ0) is 15.5. The maximum atomic E-state index is 12.2. The number of nitrogens with zero attached hydrogens (tertiary/aromatic N) is 2. The third kappa shape index (κ3) is 3.12. The number of H-pyrrole nitrogens is 1. The van der Waals surface area contributed by atoms with Gasteiger partial charge < -0.3 is 15.0 Å². The smallest absolute Gasteiger partial charge is 0.309 e. The number of likely N-dealkylation sites (tertiary alicyclic amines) is 1. The van der Waals surface area contributed by atoms with Crippen LogP contribution in [0.15, 0.2) is 17.2 Å². The van der Waals surface area contributed by atoms with Gasteiger partial charge in [0, 0.05) is 19.3 Å². The second kappa shape index (κ2) is 6.07. The average Bonchev–Trinajstić information content (AvgIpc) is 2.48. The molecule has 1 saturated heterocycles. The summed E-state index contributed by atoms with van der Waals surface area (Å²) in [6.45, 7) is 2.75. The number of amides is 1. The summed E-state index contributed by atoms with van der Waals surface area (Å²) in [5.74, 6) is -1.06. The summed E-state index contributed by atoms with van der Waals surface area (Å²) >= 11 is 0. The standard InChI is InChI=1S/C14H19N3O4/c1-2-3-14(13(20)21)4-6-17(7-5-14)12(19)10-8-16-11(18)9-15-10/h8-9H,2-7H2,1H3,(H,16,18)(H,20,21). The van der Waals surface area contributed by atoms with Gasteiger partial charge in [-0.15, -0.1) is 0 Å². The van der Waals surface area contributed by atoms with Crippen molar-refractivity contribution in [3.05, 3.63) is 28.4 Å². The maximum Gasteiger partial charge on any atom is 0.309 e. The van der Waals surface area contributed by atoms with Crippen molar-refractivity contribution in [1.82, 2.24) is 14.9 Å². The van der Waals surface area contributed by atoms with Crippen molar-refractivity contribution in [1.29, 1.82) is 0 Å². The zero-order valence-corrected chi connectivity index (χ0v) is 12.0. The lowest BCUT2D eigenvalue weighted by molar-refractivity contribution is -0.152. The third-order valence-corrected chi connectivity index (χ3v) is 4.08. The van der Waals surface area contributed by atoms with Crippen LogP contribution in [0.5, 0.6) is 0 Å². The minimum absolute atomic E-state index is 0.174. The molecule has 114 valence electrons. The summed E-state index contributed by atoms with van der Waals surface area (Å²) in [6, 6.07) is 0. The van der Waals surface area contributed by atoms with Gasteiger partial charge in [-0.1, -0.05) is 13.3 Å². The molecule has 1 fully saturated rings. The predicted octanol–water partition coefficient (Wildman–Crippen LogP) is 0.877. The fourth-order valence-electron chi connectivity index (χ4n) is 2.81. The number of nitrogens with one attached hydrogen (secondary N) is 1. The zero-order valence-electron chi connectivity index (χ0n) is 12.0. The van der Waals surface area contributed by atoms with Gasteiger partial charge >= 0.3 is 5.97 Å². The van der Waals surface area contributed by atoms with E-state index in [1.54, 1.807) is 4.90 Å². The van der Waals surface area contributed by atoms with Crippen molar-refractivity contribution in [2.24, 2.45) is 5.41 Å². The first kappa shape index (κ1) is 15.2. The second-order valence-electron chi connectivity index (χ2n) is 5.42. The molecule has 1 aromatic heterocycles. The molecule has 21 heavy (non-hydrogen) atoms. The SMILES string of the molecule is CCCC1(C(=O)O)CCN(C(=O)c2c[nH]c(=O)cn2)CC1. The van der Waals surface area contributed by atoms with Gasteiger partial charge in [0.2, 0.25) is 0 Å². The van der Waals surface area contributed by atoms with Gasteiger partial charge in [-0.2, -0.15) is 0 Å². The topological polar surface area (TPSA) is 103 Å². The van der Waals surface area contributed by atoms with Crippen LogP contribution in [0.2, 0.25) is 0 Å². The average molecular weight is 293 g/mol. The molecule has 7 heteroatoms. The van der Waals surface area contributed by atoms with Crippen molar-refractivity contribution in [3.63, 3.8) is 0 Å². The Labute approximate surface area is 122 Å². The molecule has 1 aliphatic rings. The molecule has 0 spiro atoms. The maximum absolute atomic E-state index is 12.2. The molecule has 7 nitrogen and oxygen atoms in total. The number of piperidine rings is 1. The monoisotopic (exact) mass is 293 g/mol. The van der Waals surface area contributed by atoms with E-state index in [-0.39, 0.29) is 17.2 Å². The Morgan fingerprint density at radius 3 is 2.57 bits per heavy atom. The summed E-state index contributed by atoms with van der Waals surface area (Å²) in [4.78, 5) is 42.5. The first-order chi connectivity index (χ1) is 9.98. The molecule has 0 unspecified atom stereocenters. The molecule has 2 heterocycles. The summed E-state index contributed by atoms with van der Waals surface area (Å²) < 4.78 is 0. The molecule has 2 N–H and O–H groups in total. The summed E-state index contributed by atoms with van der Waals surface area (Å²) in [7, 11) is 0. The highest BCUT2D eigenvalue weighted by atomic mass is 16.4. The van der Waals surface area contributed by atoms with E-state index in [9.17, 15) is 19.5 Å². The molecule has 1 amide bonds. The number of aromatic nitrogens is 2. The minimum atomic E-state index is -0.779. The largest absolute Gasteiger partial charge is 0.481 e. The van der Waals surface area contributed by atoms with Crippen LogP contribution in [0.1, 0.15) is 43.1 Å². The van der Waals surface area contributed by atoms with Gasteiger partial charge in [0.15, 0.2) is 0 Å². The highest BCUT2D eigenvalue weighted by Gasteiger charge is 2.41. The van der Waals surface area contributed by atoms with Gasteiger partial charge in [-0.25, -0.2) is 4.98 Å². The number of carboxylic acids is 1. The Hall–Kier alpha value is -2.18. The number of aromatic amines is 1. The van der Waals surface area contributed by atoms with Crippen LogP contribution < -0.4 is 5.56 Å². The van der Waals surface area contributed by atoms with Crippen molar-refractivity contribution < 1.29 is 14.7 Å². The quantitative estimate of drug-likeness (QED) is 0.857. The van der Waals surface area contributed by atoms with Crippen LogP contribution in [-0.4, -0.2) is 44.9 Å². The van der Waals surface area contributed by atoms with Crippen LogP contribution in [0.4, 0.5) is 0 Å². The van der Waals surface area contributed by atoms with E-state index in [0.29, 0.717) is 32.4 Å². The van der Waals surface area contributed by atoms with Gasteiger partial charge in [0.05, 0.1) is 11.6 Å². The molecule has 1 aromatic rings. The number of carboxylic acid groups (broad SMARTS) is 1. The lowest BCUT2D eigenvalue weighted by Crippen LogP contribution is -2.46. The van der Waals surface area contributed by atoms with Crippen molar-refractivity contribution in [3.8, 4) is 0 Å². The van der Waals surface area contributed by atoms with Crippen LogP contribution >= 0.6 is 0 Å². The van der Waals surface area contributed by atoms with Crippen molar-refractivity contribution in [2.45, 2.75) is 32.6 Å². The molecule has 0 radical (unpaired) electrons. The molecule has 0 saturated carbocycles. The van der Waals surface area contributed by atoms with Crippen LogP contribution in [0, 0.1) is 5.41 Å². The fourth-order valence-corrected chi connectivity index (χ4v) is 2.81. The summed E-state index contributed by atoms with van der Waals surface area (Å²) in [5.41, 5.74) is -0.907. The van der Waals surface area contributed by atoms with E-state index in [1.165, 1.54) is 6.20 Å². The van der Waals surface area contributed by atoms with Crippen LogP contribution in [0.3, 0.4) is 0 Å². The minimum Gasteiger partial charge on any atom is -0.481 e. The van der Waals surface area contributed by atoms with Crippen molar-refractivity contribution >= 4 is 11.9 Å². The fraction of sp³-hybridized carbons (Fsp3) is 0.571. The molecule has 0 aromatic carbocycles. The van der Waals surface area contributed by atoms with Crippen molar-refractivity contribution in [2.75, 3.05) is 13.1 Å². The number of carbonyl (C=O) groups is 2. The Morgan fingerprint density at radius 2 is 2.10 bits per heavy atom. The highest BCUT2D eigenvalue weighted by molar-refractivity contribution is 5.92. The molecule has 0 atom stereocenters. The molecule has 0 bridgehead atoms. The molecule has 0 aliphatic carbocycles. The summed E-state index contributed by atoms with van der Waals surface area (Å²) in [6.07, 6.45) is 4.69. The Bertz CT molecular complexity index is 568. The van der Waals surface area contributed by atoms with E-state index in [1.807, 2.05) is 6.92 Å². The third-order valence-electron chi connectivity index (χ3n) is 4.08. The number of aliphatic carboxylic acids is 1. The highest BCUT2D eigenvalue weighted by Crippen LogP contribution is 2.36. The first-order valence-electron chi connectivity index (χ1n) is 7.06. The lowest BCUT2D eigenvalue weighted by atomic mass is 9.75. The van der Waals surface area contributed by atoms with Gasteiger partial charge in [0.1, 0.15) is 5.69 Å². The Balaban J connectivity index is 2.06. The number of hydrogen-bond donors (Lipinski definition) is 2. The van der Waals surface area contributed by atoms with E-state index < -0.39 is 11.4 Å². The van der Waals surface area contributed by atoms with Gasteiger partial charge in [-0.3, -0.25) is 14.4 Å². The lowest BCUT2D eigenvalue weighted by Gasteiger charge is -2.38. The van der Waals surface area contributed by atoms with E-state index in [2.05, 4.69) is 9.97 Å². The Kier molecular flexibility index (Phi) is 4.40. The van der Waals surface area contributed by atoms with E-state index in [0.717, 1.165) is 12.6 Å². The summed E-state index contributed by atoms with van der Waals surface area (Å²) in [5, 5.41) is 9.44.